The number of aliphatic hydroxyl groups excluding tert-OH is 1. The van der Waals surface area contributed by atoms with Gasteiger partial charge in [0.05, 0.1) is 12.7 Å². The Hall–Kier alpha value is -0.900. The monoisotopic (exact) mass is 221 g/mol. The van der Waals surface area contributed by atoms with Crippen molar-refractivity contribution in [2.75, 3.05) is 19.7 Å². The third-order valence-corrected chi connectivity index (χ3v) is 3.06. The van der Waals surface area contributed by atoms with E-state index < -0.39 is 0 Å². The van der Waals surface area contributed by atoms with E-state index in [0.717, 1.165) is 13.1 Å². The summed E-state index contributed by atoms with van der Waals surface area (Å²) in [6.45, 7) is 6.04. The third-order valence-electron chi connectivity index (χ3n) is 3.06. The standard InChI is InChI=1S/C13H19NO2/c1-3-14-8-12(9-15)16-13(14)11-6-4-10(2)5-7-11/h4-7,12-13,15H,3,8-9H2,1-2H3. The summed E-state index contributed by atoms with van der Waals surface area (Å²) in [7, 11) is 0. The van der Waals surface area contributed by atoms with E-state index in [0.29, 0.717) is 0 Å². The van der Waals surface area contributed by atoms with Gasteiger partial charge in [-0.2, -0.15) is 0 Å². The zero-order valence-corrected chi connectivity index (χ0v) is 9.89. The highest BCUT2D eigenvalue weighted by atomic mass is 16.5. The summed E-state index contributed by atoms with van der Waals surface area (Å²) in [5, 5.41) is 9.14. The summed E-state index contributed by atoms with van der Waals surface area (Å²) < 4.78 is 5.82. The first kappa shape index (κ1) is 11.6. The lowest BCUT2D eigenvalue weighted by molar-refractivity contribution is -0.0184. The van der Waals surface area contributed by atoms with Crippen LogP contribution in [0.2, 0.25) is 0 Å². The fourth-order valence-corrected chi connectivity index (χ4v) is 2.08. The van der Waals surface area contributed by atoms with E-state index in [1.807, 2.05) is 0 Å². The summed E-state index contributed by atoms with van der Waals surface area (Å²) in [6, 6.07) is 8.39. The fraction of sp³-hybridized carbons (Fsp3) is 0.538. The molecule has 0 radical (unpaired) electrons. The fourth-order valence-electron chi connectivity index (χ4n) is 2.08. The Bertz CT molecular complexity index is 336. The molecule has 2 atom stereocenters. The zero-order valence-electron chi connectivity index (χ0n) is 9.89. The van der Waals surface area contributed by atoms with Crippen molar-refractivity contribution in [1.82, 2.24) is 4.90 Å². The molecule has 0 aliphatic carbocycles. The molecule has 1 heterocycles. The van der Waals surface area contributed by atoms with E-state index in [9.17, 15) is 0 Å². The quantitative estimate of drug-likeness (QED) is 0.843. The molecule has 88 valence electrons. The van der Waals surface area contributed by atoms with Gasteiger partial charge in [-0.05, 0) is 19.0 Å². The molecule has 0 aromatic heterocycles. The summed E-state index contributed by atoms with van der Waals surface area (Å²) in [5.41, 5.74) is 2.42. The van der Waals surface area contributed by atoms with Crippen LogP contribution in [0.25, 0.3) is 0 Å². The van der Waals surface area contributed by atoms with Crippen molar-refractivity contribution < 1.29 is 9.84 Å². The lowest BCUT2D eigenvalue weighted by atomic mass is 10.1. The molecule has 3 heteroatoms. The average Bonchev–Trinajstić information content (AvgIpc) is 2.73. The molecule has 1 aromatic carbocycles. The van der Waals surface area contributed by atoms with Crippen LogP contribution in [0, 0.1) is 6.92 Å². The van der Waals surface area contributed by atoms with Gasteiger partial charge in [-0.3, -0.25) is 4.90 Å². The Kier molecular flexibility index (Phi) is 3.59. The lowest BCUT2D eigenvalue weighted by Gasteiger charge is -2.21. The molecule has 1 N–H and O–H groups in total. The maximum absolute atomic E-state index is 9.14. The van der Waals surface area contributed by atoms with Gasteiger partial charge in [0.15, 0.2) is 0 Å². The highest BCUT2D eigenvalue weighted by Crippen LogP contribution is 2.29. The van der Waals surface area contributed by atoms with Gasteiger partial charge in [0, 0.05) is 6.54 Å². The Balaban J connectivity index is 2.16. The van der Waals surface area contributed by atoms with E-state index in [1.165, 1.54) is 11.1 Å². The van der Waals surface area contributed by atoms with Crippen molar-refractivity contribution in [2.24, 2.45) is 0 Å². The smallest absolute Gasteiger partial charge is 0.137 e. The van der Waals surface area contributed by atoms with Crippen LogP contribution in [0.3, 0.4) is 0 Å². The summed E-state index contributed by atoms with van der Waals surface area (Å²) in [5.74, 6) is 0. The maximum Gasteiger partial charge on any atom is 0.137 e. The third kappa shape index (κ3) is 2.26. The van der Waals surface area contributed by atoms with Crippen LogP contribution in [0.15, 0.2) is 24.3 Å². The minimum atomic E-state index is -0.0498. The minimum Gasteiger partial charge on any atom is -0.394 e. The van der Waals surface area contributed by atoms with Crippen LogP contribution in [0.4, 0.5) is 0 Å². The number of nitrogens with zero attached hydrogens (tertiary/aromatic N) is 1. The molecular weight excluding hydrogens is 202 g/mol. The van der Waals surface area contributed by atoms with Crippen LogP contribution >= 0.6 is 0 Å². The van der Waals surface area contributed by atoms with E-state index in [1.54, 1.807) is 0 Å². The highest BCUT2D eigenvalue weighted by molar-refractivity contribution is 5.23. The Morgan fingerprint density at radius 1 is 1.38 bits per heavy atom. The van der Waals surface area contributed by atoms with Gasteiger partial charge in [-0.15, -0.1) is 0 Å². The van der Waals surface area contributed by atoms with Gasteiger partial charge in [-0.1, -0.05) is 36.8 Å². The van der Waals surface area contributed by atoms with Crippen LogP contribution < -0.4 is 0 Å². The second-order valence-corrected chi connectivity index (χ2v) is 4.29. The van der Waals surface area contributed by atoms with Gasteiger partial charge in [0.25, 0.3) is 0 Å². The van der Waals surface area contributed by atoms with Gasteiger partial charge in [-0.25, -0.2) is 0 Å². The largest absolute Gasteiger partial charge is 0.394 e. The molecule has 1 fully saturated rings. The van der Waals surface area contributed by atoms with Crippen LogP contribution in [0.5, 0.6) is 0 Å². The van der Waals surface area contributed by atoms with Gasteiger partial charge >= 0.3 is 0 Å². The second kappa shape index (κ2) is 4.95. The molecule has 0 saturated carbocycles. The minimum absolute atomic E-state index is 0.00255. The number of hydrogen-bond acceptors (Lipinski definition) is 3. The van der Waals surface area contributed by atoms with Crippen molar-refractivity contribution in [2.45, 2.75) is 26.2 Å². The van der Waals surface area contributed by atoms with E-state index >= 15 is 0 Å². The second-order valence-electron chi connectivity index (χ2n) is 4.29. The summed E-state index contributed by atoms with van der Waals surface area (Å²) in [6.07, 6.45) is -0.0472. The molecule has 0 amide bonds. The normalized spacial score (nSPS) is 26.2. The number of benzene rings is 1. The Morgan fingerprint density at radius 3 is 2.62 bits per heavy atom. The number of aliphatic hydroxyl groups is 1. The summed E-state index contributed by atoms with van der Waals surface area (Å²) >= 11 is 0. The molecule has 2 unspecified atom stereocenters. The first-order valence-electron chi connectivity index (χ1n) is 5.81. The van der Waals surface area contributed by atoms with Crippen molar-refractivity contribution >= 4 is 0 Å². The molecule has 1 saturated heterocycles. The number of rotatable bonds is 3. The molecule has 1 aliphatic heterocycles. The topological polar surface area (TPSA) is 32.7 Å². The van der Waals surface area contributed by atoms with Gasteiger partial charge < -0.3 is 9.84 Å². The molecule has 0 bridgehead atoms. The van der Waals surface area contributed by atoms with Gasteiger partial charge in [0.2, 0.25) is 0 Å². The number of ether oxygens (including phenoxy) is 1. The van der Waals surface area contributed by atoms with Crippen molar-refractivity contribution in [3.05, 3.63) is 35.4 Å². The van der Waals surface area contributed by atoms with Crippen molar-refractivity contribution in [3.63, 3.8) is 0 Å². The molecule has 1 aromatic rings. The lowest BCUT2D eigenvalue weighted by Crippen LogP contribution is -2.25. The molecule has 16 heavy (non-hydrogen) atoms. The molecule has 3 nitrogen and oxygen atoms in total. The van der Waals surface area contributed by atoms with E-state index in [-0.39, 0.29) is 18.9 Å². The highest BCUT2D eigenvalue weighted by Gasteiger charge is 2.32. The number of hydrogen-bond donors (Lipinski definition) is 1. The first-order chi connectivity index (χ1) is 7.74. The molecule has 2 rings (SSSR count). The summed E-state index contributed by atoms with van der Waals surface area (Å²) in [4.78, 5) is 2.24. The Morgan fingerprint density at radius 2 is 2.06 bits per heavy atom. The van der Waals surface area contributed by atoms with Crippen molar-refractivity contribution in [3.8, 4) is 0 Å². The average molecular weight is 221 g/mol. The molecule has 1 aliphatic rings. The number of likely N-dealkylation sites (N-methyl/N-ethyl adjacent to an activating group) is 1. The van der Waals surface area contributed by atoms with Crippen LogP contribution in [-0.2, 0) is 4.74 Å². The van der Waals surface area contributed by atoms with E-state index in [4.69, 9.17) is 9.84 Å². The van der Waals surface area contributed by atoms with Gasteiger partial charge in [0.1, 0.15) is 6.23 Å². The SMILES string of the molecule is CCN1CC(CO)OC1c1ccc(C)cc1. The number of aryl methyl sites for hydroxylation is 1. The molecular formula is C13H19NO2. The predicted octanol–water partition coefficient (Wildman–Crippen LogP) is 1.71. The van der Waals surface area contributed by atoms with Crippen LogP contribution in [0.1, 0.15) is 24.3 Å². The maximum atomic E-state index is 9.14. The zero-order chi connectivity index (χ0) is 11.5. The molecule has 0 spiro atoms. The predicted molar refractivity (Wildman–Crippen MR) is 63.1 cm³/mol. The first-order valence-corrected chi connectivity index (χ1v) is 5.81. The van der Waals surface area contributed by atoms with E-state index in [2.05, 4.69) is 43.0 Å². The van der Waals surface area contributed by atoms with Crippen molar-refractivity contribution in [1.29, 1.82) is 0 Å². The Labute approximate surface area is 96.6 Å². The van der Waals surface area contributed by atoms with Crippen LogP contribution in [-0.4, -0.2) is 35.8 Å².